The quantitative estimate of drug-likeness (QED) is 0.822. The summed E-state index contributed by atoms with van der Waals surface area (Å²) < 4.78 is 5.02. The Labute approximate surface area is 132 Å². The number of hydrogen-bond acceptors (Lipinski definition) is 4. The molecule has 2 rings (SSSR count). The van der Waals surface area contributed by atoms with Gasteiger partial charge in [0.2, 0.25) is 0 Å². The number of carbonyl (C=O) groups is 2. The lowest BCUT2D eigenvalue weighted by Gasteiger charge is -2.13. The number of nitrogens with one attached hydrogen (secondary N) is 1. The second kappa shape index (κ2) is 7.61. The van der Waals surface area contributed by atoms with Gasteiger partial charge in [-0.1, -0.05) is 30.3 Å². The van der Waals surface area contributed by atoms with Crippen molar-refractivity contribution >= 4 is 23.2 Å². The molecule has 0 aliphatic rings. The van der Waals surface area contributed by atoms with E-state index in [1.54, 1.807) is 11.4 Å². The minimum Gasteiger partial charge on any atom is -0.496 e. The Morgan fingerprint density at radius 3 is 2.64 bits per heavy atom. The van der Waals surface area contributed by atoms with E-state index in [1.165, 1.54) is 18.4 Å². The Morgan fingerprint density at radius 2 is 2.05 bits per heavy atom. The van der Waals surface area contributed by atoms with Crippen LogP contribution >= 0.6 is 11.3 Å². The van der Waals surface area contributed by atoms with Crippen LogP contribution in [-0.2, 0) is 11.2 Å². The molecule has 116 valence electrons. The third-order valence-electron chi connectivity index (χ3n) is 3.22. The molecule has 1 atom stereocenters. The molecule has 5 nitrogen and oxygen atoms in total. The van der Waals surface area contributed by atoms with Crippen LogP contribution in [0.25, 0.3) is 0 Å². The van der Waals surface area contributed by atoms with Crippen molar-refractivity contribution in [2.24, 2.45) is 5.92 Å². The number of methoxy groups -OCH3 is 1. The zero-order valence-corrected chi connectivity index (χ0v) is 12.9. The molecule has 0 saturated heterocycles. The van der Waals surface area contributed by atoms with Crippen LogP contribution in [0.15, 0.2) is 41.8 Å². The Morgan fingerprint density at radius 1 is 1.32 bits per heavy atom. The van der Waals surface area contributed by atoms with Crippen LogP contribution in [0.1, 0.15) is 15.2 Å². The molecule has 0 saturated carbocycles. The van der Waals surface area contributed by atoms with E-state index in [4.69, 9.17) is 4.74 Å². The molecule has 6 heteroatoms. The largest absolute Gasteiger partial charge is 0.496 e. The summed E-state index contributed by atoms with van der Waals surface area (Å²) in [4.78, 5) is 23.8. The summed E-state index contributed by atoms with van der Waals surface area (Å²) in [6.45, 7) is 0.0866. The number of ether oxygens (including phenoxy) is 1. The molecule has 0 bridgehead atoms. The van der Waals surface area contributed by atoms with E-state index in [9.17, 15) is 14.7 Å². The van der Waals surface area contributed by atoms with Crippen LogP contribution in [-0.4, -0.2) is 30.6 Å². The molecule has 2 aromatic rings. The fourth-order valence-electron chi connectivity index (χ4n) is 1.99. The summed E-state index contributed by atoms with van der Waals surface area (Å²) in [5.41, 5.74) is 0.932. The molecule has 0 radical (unpaired) electrons. The maximum atomic E-state index is 12.0. The second-order valence-electron chi connectivity index (χ2n) is 4.79. The Hall–Kier alpha value is -2.34. The minimum atomic E-state index is -0.923. The van der Waals surface area contributed by atoms with Crippen LogP contribution in [0.4, 0.5) is 0 Å². The molecule has 0 aliphatic heterocycles. The van der Waals surface area contributed by atoms with Crippen molar-refractivity contribution < 1.29 is 19.4 Å². The third-order valence-corrected chi connectivity index (χ3v) is 4.13. The molecule has 1 heterocycles. The molecule has 22 heavy (non-hydrogen) atoms. The van der Waals surface area contributed by atoms with Crippen molar-refractivity contribution in [1.82, 2.24) is 5.32 Å². The van der Waals surface area contributed by atoms with E-state index >= 15 is 0 Å². The number of thiophene rings is 1. The SMILES string of the molecule is COc1csc(C(=O)NCC(Cc2ccccc2)C(=O)O)c1. The van der Waals surface area contributed by atoms with Crippen molar-refractivity contribution in [2.75, 3.05) is 13.7 Å². The van der Waals surface area contributed by atoms with Crippen molar-refractivity contribution in [1.29, 1.82) is 0 Å². The highest BCUT2D eigenvalue weighted by Gasteiger charge is 2.20. The lowest BCUT2D eigenvalue weighted by atomic mass is 9.99. The Kier molecular flexibility index (Phi) is 5.55. The highest BCUT2D eigenvalue weighted by Crippen LogP contribution is 2.21. The minimum absolute atomic E-state index is 0.0866. The lowest BCUT2D eigenvalue weighted by Crippen LogP contribution is -2.33. The van der Waals surface area contributed by atoms with Crippen LogP contribution < -0.4 is 10.1 Å². The lowest BCUT2D eigenvalue weighted by molar-refractivity contribution is -0.141. The predicted molar refractivity (Wildman–Crippen MR) is 84.5 cm³/mol. The predicted octanol–water partition coefficient (Wildman–Crippen LogP) is 2.43. The van der Waals surface area contributed by atoms with Crippen LogP contribution in [0.2, 0.25) is 0 Å². The summed E-state index contributed by atoms with van der Waals surface area (Å²) in [5.74, 6) is -1.25. The first-order valence-corrected chi connectivity index (χ1v) is 7.65. The van der Waals surface area contributed by atoms with E-state index < -0.39 is 11.9 Å². The van der Waals surface area contributed by atoms with Gasteiger partial charge in [0.05, 0.1) is 17.9 Å². The summed E-state index contributed by atoms with van der Waals surface area (Å²) in [7, 11) is 1.53. The van der Waals surface area contributed by atoms with Gasteiger partial charge in [0.15, 0.2) is 0 Å². The van der Waals surface area contributed by atoms with Gasteiger partial charge in [-0.2, -0.15) is 0 Å². The first-order valence-electron chi connectivity index (χ1n) is 6.77. The number of benzene rings is 1. The van der Waals surface area contributed by atoms with Gasteiger partial charge in [-0.25, -0.2) is 0 Å². The van der Waals surface area contributed by atoms with Gasteiger partial charge in [-0.05, 0) is 12.0 Å². The topological polar surface area (TPSA) is 75.6 Å². The zero-order valence-electron chi connectivity index (χ0n) is 12.1. The van der Waals surface area contributed by atoms with Crippen molar-refractivity contribution in [3.8, 4) is 5.75 Å². The maximum Gasteiger partial charge on any atom is 0.308 e. The Bertz CT molecular complexity index is 639. The first-order chi connectivity index (χ1) is 10.6. The zero-order chi connectivity index (χ0) is 15.9. The number of aliphatic carboxylic acids is 1. The molecule has 1 aromatic heterocycles. The van der Waals surface area contributed by atoms with Crippen molar-refractivity contribution in [3.63, 3.8) is 0 Å². The standard InChI is InChI=1S/C16H17NO4S/c1-21-13-8-14(22-10-13)15(18)17-9-12(16(19)20)7-11-5-3-2-4-6-11/h2-6,8,10,12H,7,9H2,1H3,(H,17,18)(H,19,20). The second-order valence-corrected chi connectivity index (χ2v) is 5.70. The fourth-order valence-corrected chi connectivity index (χ4v) is 2.76. The van der Waals surface area contributed by atoms with Gasteiger partial charge >= 0.3 is 5.97 Å². The molecular formula is C16H17NO4S. The third kappa shape index (κ3) is 4.33. The van der Waals surface area contributed by atoms with Crippen LogP contribution in [0.3, 0.4) is 0 Å². The van der Waals surface area contributed by atoms with Gasteiger partial charge in [0, 0.05) is 18.0 Å². The van der Waals surface area contributed by atoms with Gasteiger partial charge in [-0.15, -0.1) is 11.3 Å². The summed E-state index contributed by atoms with van der Waals surface area (Å²) >= 11 is 1.26. The van der Waals surface area contributed by atoms with Gasteiger partial charge in [0.25, 0.3) is 5.91 Å². The summed E-state index contributed by atoms with van der Waals surface area (Å²) in [6.07, 6.45) is 0.379. The van der Waals surface area contributed by atoms with Crippen molar-refractivity contribution in [2.45, 2.75) is 6.42 Å². The maximum absolute atomic E-state index is 12.0. The average Bonchev–Trinajstić information content (AvgIpc) is 3.01. The molecule has 0 fully saturated rings. The van der Waals surface area contributed by atoms with Gasteiger partial charge in [-0.3, -0.25) is 9.59 Å². The summed E-state index contributed by atoms with van der Waals surface area (Å²) in [6, 6.07) is 11.0. The van der Waals surface area contributed by atoms with E-state index in [1.807, 2.05) is 30.3 Å². The highest BCUT2D eigenvalue weighted by molar-refractivity contribution is 7.12. The normalized spacial score (nSPS) is 11.7. The molecular weight excluding hydrogens is 302 g/mol. The van der Waals surface area contributed by atoms with Gasteiger partial charge < -0.3 is 15.2 Å². The average molecular weight is 319 g/mol. The number of carboxylic acid groups (broad SMARTS) is 1. The number of amides is 1. The molecule has 1 amide bonds. The van der Waals surface area contributed by atoms with Crippen LogP contribution in [0.5, 0.6) is 5.75 Å². The van der Waals surface area contributed by atoms with E-state index in [0.717, 1.165) is 5.56 Å². The van der Waals surface area contributed by atoms with E-state index in [-0.39, 0.29) is 12.5 Å². The van der Waals surface area contributed by atoms with E-state index in [2.05, 4.69) is 5.32 Å². The first kappa shape index (κ1) is 16.0. The van der Waals surface area contributed by atoms with E-state index in [0.29, 0.717) is 17.0 Å². The molecule has 1 unspecified atom stereocenters. The fraction of sp³-hybridized carbons (Fsp3) is 0.250. The highest BCUT2D eigenvalue weighted by atomic mass is 32.1. The number of carboxylic acids is 1. The van der Waals surface area contributed by atoms with Gasteiger partial charge in [0.1, 0.15) is 5.75 Å². The molecule has 2 N–H and O–H groups in total. The smallest absolute Gasteiger partial charge is 0.308 e. The molecule has 0 spiro atoms. The molecule has 0 aliphatic carbocycles. The number of rotatable bonds is 7. The number of hydrogen-bond donors (Lipinski definition) is 2. The molecule has 1 aromatic carbocycles. The Balaban J connectivity index is 1.94. The number of carbonyl (C=O) groups excluding carboxylic acids is 1. The van der Waals surface area contributed by atoms with Crippen molar-refractivity contribution in [3.05, 3.63) is 52.2 Å². The summed E-state index contributed by atoms with van der Waals surface area (Å²) in [5, 5.41) is 13.7. The monoisotopic (exact) mass is 319 g/mol. The van der Waals surface area contributed by atoms with Crippen LogP contribution in [0, 0.1) is 5.92 Å².